The minimum Gasteiger partial charge on any atom is -0.497 e. The quantitative estimate of drug-likeness (QED) is 0.514. The van der Waals surface area contributed by atoms with E-state index in [-0.39, 0.29) is 5.52 Å². The minimum atomic E-state index is -0.662. The Bertz CT molecular complexity index is 1330. The summed E-state index contributed by atoms with van der Waals surface area (Å²) in [7, 11) is 1.55. The van der Waals surface area contributed by atoms with Crippen LogP contribution >= 0.6 is 23.2 Å². The lowest BCUT2D eigenvalue weighted by molar-refractivity contribution is 0.415. The molecule has 0 saturated heterocycles. The SMILES string of the molecule is COc1ccc2c(c1)[nH]c1c(=O)n(/N=C\c3ccc(Cl)cc3Cl)c(=O)[nH]c12. The van der Waals surface area contributed by atoms with Crippen LogP contribution in [0.5, 0.6) is 5.75 Å². The van der Waals surface area contributed by atoms with E-state index in [1.165, 1.54) is 6.21 Å². The van der Waals surface area contributed by atoms with Crippen molar-refractivity contribution in [1.82, 2.24) is 14.6 Å². The van der Waals surface area contributed by atoms with Gasteiger partial charge in [-0.15, -0.1) is 4.68 Å². The van der Waals surface area contributed by atoms with Gasteiger partial charge in [0.05, 0.1) is 29.4 Å². The standard InChI is InChI=1S/C18H12Cl2N4O3/c1-27-11-4-5-12-14(7-11)22-16-15(12)23-18(26)24(17(16)25)21-8-9-2-3-10(19)6-13(9)20/h2-8,22H,1H3,(H,23,26)/b21-8-. The van der Waals surface area contributed by atoms with E-state index in [0.717, 1.165) is 4.68 Å². The fraction of sp³-hybridized carbons (Fsp3) is 0.0556. The number of hydrogen-bond acceptors (Lipinski definition) is 4. The summed E-state index contributed by atoms with van der Waals surface area (Å²) in [6, 6.07) is 10.1. The van der Waals surface area contributed by atoms with Crippen molar-refractivity contribution >= 4 is 51.4 Å². The van der Waals surface area contributed by atoms with Crippen molar-refractivity contribution < 1.29 is 4.74 Å². The van der Waals surface area contributed by atoms with Gasteiger partial charge in [-0.05, 0) is 24.3 Å². The van der Waals surface area contributed by atoms with E-state index in [0.29, 0.717) is 37.8 Å². The van der Waals surface area contributed by atoms with Gasteiger partial charge >= 0.3 is 11.2 Å². The number of H-pyrrole nitrogens is 2. The Hall–Kier alpha value is -3.03. The number of aromatic amines is 2. The molecule has 7 nitrogen and oxygen atoms in total. The molecule has 0 amide bonds. The van der Waals surface area contributed by atoms with Gasteiger partial charge in [0.2, 0.25) is 0 Å². The molecule has 4 aromatic rings. The highest BCUT2D eigenvalue weighted by atomic mass is 35.5. The molecule has 136 valence electrons. The van der Waals surface area contributed by atoms with Gasteiger partial charge in [-0.3, -0.25) is 4.79 Å². The van der Waals surface area contributed by atoms with Gasteiger partial charge in [-0.2, -0.15) is 5.10 Å². The van der Waals surface area contributed by atoms with Crippen LogP contribution in [-0.4, -0.2) is 28.0 Å². The Morgan fingerprint density at radius 3 is 2.63 bits per heavy atom. The molecule has 2 aromatic heterocycles. The number of hydrogen-bond donors (Lipinski definition) is 2. The molecule has 27 heavy (non-hydrogen) atoms. The molecule has 0 saturated carbocycles. The van der Waals surface area contributed by atoms with Crippen LogP contribution in [0.1, 0.15) is 5.56 Å². The second kappa shape index (κ2) is 6.61. The zero-order chi connectivity index (χ0) is 19.1. The number of fused-ring (bicyclic) bond motifs is 3. The third-order valence-corrected chi connectivity index (χ3v) is 4.67. The molecule has 0 atom stereocenters. The van der Waals surface area contributed by atoms with Crippen LogP contribution in [0.3, 0.4) is 0 Å². The largest absolute Gasteiger partial charge is 0.497 e. The molecule has 0 unspecified atom stereocenters. The van der Waals surface area contributed by atoms with Gasteiger partial charge in [0, 0.05) is 22.0 Å². The Balaban J connectivity index is 1.89. The summed E-state index contributed by atoms with van der Waals surface area (Å²) in [4.78, 5) is 30.8. The van der Waals surface area contributed by atoms with Crippen molar-refractivity contribution in [3.05, 3.63) is 72.8 Å². The summed E-state index contributed by atoms with van der Waals surface area (Å²) in [5, 5.41) is 5.52. The molecular formula is C18H12Cl2N4O3. The fourth-order valence-electron chi connectivity index (χ4n) is 2.78. The molecular weight excluding hydrogens is 391 g/mol. The smallest absolute Gasteiger partial charge is 0.350 e. The number of rotatable bonds is 3. The van der Waals surface area contributed by atoms with Crippen LogP contribution in [-0.2, 0) is 0 Å². The number of benzene rings is 2. The predicted octanol–water partition coefficient (Wildman–Crippen LogP) is 3.37. The highest BCUT2D eigenvalue weighted by Crippen LogP contribution is 2.25. The molecule has 0 aliphatic rings. The molecule has 2 heterocycles. The first kappa shape index (κ1) is 17.4. The van der Waals surface area contributed by atoms with Crippen molar-refractivity contribution in [2.75, 3.05) is 7.11 Å². The zero-order valence-electron chi connectivity index (χ0n) is 13.9. The molecule has 0 aliphatic heterocycles. The van der Waals surface area contributed by atoms with Crippen LogP contribution in [0.2, 0.25) is 10.0 Å². The second-order valence-electron chi connectivity index (χ2n) is 5.74. The van der Waals surface area contributed by atoms with Crippen LogP contribution in [0.4, 0.5) is 0 Å². The van der Waals surface area contributed by atoms with E-state index in [9.17, 15) is 9.59 Å². The average Bonchev–Trinajstić information content (AvgIpc) is 3.01. The number of aromatic nitrogens is 3. The van der Waals surface area contributed by atoms with Gasteiger partial charge in [0.15, 0.2) is 0 Å². The van der Waals surface area contributed by atoms with Gasteiger partial charge in [-0.1, -0.05) is 29.3 Å². The van der Waals surface area contributed by atoms with Gasteiger partial charge in [-0.25, -0.2) is 4.79 Å². The molecule has 0 spiro atoms. The third-order valence-electron chi connectivity index (χ3n) is 4.11. The number of methoxy groups -OCH3 is 1. The molecule has 0 radical (unpaired) electrons. The van der Waals surface area contributed by atoms with E-state index in [4.69, 9.17) is 27.9 Å². The maximum Gasteiger partial charge on any atom is 0.350 e. The maximum absolute atomic E-state index is 12.7. The Kier molecular flexibility index (Phi) is 4.25. The third kappa shape index (κ3) is 3.01. The number of ether oxygens (including phenoxy) is 1. The summed E-state index contributed by atoms with van der Waals surface area (Å²) in [5.41, 5.74) is 0.597. The molecule has 2 N–H and O–H groups in total. The molecule has 9 heteroatoms. The Labute approximate surface area is 161 Å². The molecule has 0 aliphatic carbocycles. The number of nitrogens with one attached hydrogen (secondary N) is 2. The predicted molar refractivity (Wildman–Crippen MR) is 107 cm³/mol. The molecule has 0 fully saturated rings. The molecule has 4 rings (SSSR count). The summed E-state index contributed by atoms with van der Waals surface area (Å²) >= 11 is 11.9. The average molecular weight is 403 g/mol. The summed E-state index contributed by atoms with van der Waals surface area (Å²) < 4.78 is 5.92. The number of halogens is 2. The normalized spacial score (nSPS) is 11.7. The Morgan fingerprint density at radius 2 is 1.89 bits per heavy atom. The Morgan fingerprint density at radius 1 is 1.07 bits per heavy atom. The van der Waals surface area contributed by atoms with Gasteiger partial charge in [0.25, 0.3) is 0 Å². The lowest BCUT2D eigenvalue weighted by atomic mass is 10.2. The highest BCUT2D eigenvalue weighted by Gasteiger charge is 2.13. The summed E-state index contributed by atoms with van der Waals surface area (Å²) in [6.45, 7) is 0. The molecule has 2 aromatic carbocycles. The first-order valence-corrected chi connectivity index (χ1v) is 8.57. The van der Waals surface area contributed by atoms with Crippen LogP contribution in [0.15, 0.2) is 51.1 Å². The minimum absolute atomic E-state index is 0.234. The van der Waals surface area contributed by atoms with Gasteiger partial charge in [0.1, 0.15) is 11.3 Å². The van der Waals surface area contributed by atoms with Crippen molar-refractivity contribution in [3.63, 3.8) is 0 Å². The van der Waals surface area contributed by atoms with Crippen molar-refractivity contribution in [2.45, 2.75) is 0 Å². The van der Waals surface area contributed by atoms with Crippen molar-refractivity contribution in [3.8, 4) is 5.75 Å². The van der Waals surface area contributed by atoms with E-state index < -0.39 is 11.2 Å². The number of nitrogens with zero attached hydrogens (tertiary/aromatic N) is 2. The fourth-order valence-corrected chi connectivity index (χ4v) is 3.24. The lowest BCUT2D eigenvalue weighted by Gasteiger charge is -2.00. The van der Waals surface area contributed by atoms with Crippen LogP contribution < -0.4 is 16.0 Å². The summed E-state index contributed by atoms with van der Waals surface area (Å²) in [5.74, 6) is 0.632. The van der Waals surface area contributed by atoms with E-state index in [1.807, 2.05) is 0 Å². The maximum atomic E-state index is 12.7. The van der Waals surface area contributed by atoms with Crippen molar-refractivity contribution in [2.24, 2.45) is 5.10 Å². The second-order valence-corrected chi connectivity index (χ2v) is 6.59. The topological polar surface area (TPSA) is 92.2 Å². The zero-order valence-corrected chi connectivity index (χ0v) is 15.4. The summed E-state index contributed by atoms with van der Waals surface area (Å²) in [6.07, 6.45) is 1.33. The first-order valence-electron chi connectivity index (χ1n) is 7.82. The van der Waals surface area contributed by atoms with Gasteiger partial charge < -0.3 is 14.7 Å². The first-order chi connectivity index (χ1) is 13.0. The van der Waals surface area contributed by atoms with E-state index in [1.54, 1.807) is 43.5 Å². The lowest BCUT2D eigenvalue weighted by Crippen LogP contribution is -2.32. The molecule has 0 bridgehead atoms. The van der Waals surface area contributed by atoms with Crippen LogP contribution in [0, 0.1) is 0 Å². The van der Waals surface area contributed by atoms with Crippen LogP contribution in [0.25, 0.3) is 21.9 Å². The van der Waals surface area contributed by atoms with E-state index >= 15 is 0 Å². The van der Waals surface area contributed by atoms with E-state index in [2.05, 4.69) is 15.1 Å². The monoisotopic (exact) mass is 402 g/mol. The highest BCUT2D eigenvalue weighted by molar-refractivity contribution is 6.36. The van der Waals surface area contributed by atoms with Crippen molar-refractivity contribution in [1.29, 1.82) is 0 Å².